The molecule has 0 spiro atoms. The quantitative estimate of drug-likeness (QED) is 0.690. The predicted molar refractivity (Wildman–Crippen MR) is 110 cm³/mol. The summed E-state index contributed by atoms with van der Waals surface area (Å²) < 4.78 is 16.5. The summed E-state index contributed by atoms with van der Waals surface area (Å²) >= 11 is 0. The maximum absolute atomic E-state index is 14.6. The second-order valence-electron chi connectivity index (χ2n) is 7.37. The van der Waals surface area contributed by atoms with E-state index < -0.39 is 6.04 Å². The van der Waals surface area contributed by atoms with E-state index in [0.29, 0.717) is 17.1 Å². The molecule has 0 saturated heterocycles. The first-order valence-electron chi connectivity index (χ1n) is 9.94. The Morgan fingerprint density at radius 3 is 2.79 bits per heavy atom. The number of nitrogens with two attached hydrogens (primary N) is 1. The minimum Gasteiger partial charge on any atom is -0.326 e. The topological polar surface area (TPSA) is 85.8 Å². The first-order chi connectivity index (χ1) is 14.1. The largest absolute Gasteiger partial charge is 0.326 e. The third-order valence-corrected chi connectivity index (χ3v) is 5.23. The molecule has 3 N–H and O–H groups in total. The van der Waals surface area contributed by atoms with Crippen LogP contribution in [0.2, 0.25) is 0 Å². The number of rotatable bonds is 5. The lowest BCUT2D eigenvalue weighted by Crippen LogP contribution is -2.20. The highest BCUT2D eigenvalue weighted by Gasteiger charge is 2.19. The molecule has 3 aromatic rings. The number of benzene rings is 2. The van der Waals surface area contributed by atoms with Gasteiger partial charge in [0.05, 0.1) is 5.56 Å². The van der Waals surface area contributed by atoms with Crippen molar-refractivity contribution in [3.63, 3.8) is 0 Å². The summed E-state index contributed by atoms with van der Waals surface area (Å²) in [4.78, 5) is 12.4. The van der Waals surface area contributed by atoms with Gasteiger partial charge in [0.15, 0.2) is 5.82 Å². The molecule has 150 valence electrons. The number of aryl methyl sites for hydroxylation is 1. The molecule has 29 heavy (non-hydrogen) atoms. The minimum absolute atomic E-state index is 0.136. The molecule has 1 aliphatic heterocycles. The van der Waals surface area contributed by atoms with Crippen molar-refractivity contribution in [2.45, 2.75) is 44.7 Å². The summed E-state index contributed by atoms with van der Waals surface area (Å²) in [5, 5.41) is 11.3. The van der Waals surface area contributed by atoms with Crippen LogP contribution in [0.3, 0.4) is 0 Å². The molecular formula is C22H24FN5O. The van der Waals surface area contributed by atoms with E-state index in [1.54, 1.807) is 12.1 Å². The number of hydrogen-bond donors (Lipinski definition) is 2. The average Bonchev–Trinajstić information content (AvgIpc) is 2.97. The summed E-state index contributed by atoms with van der Waals surface area (Å²) in [7, 11) is 0. The Morgan fingerprint density at radius 1 is 1.14 bits per heavy atom. The van der Waals surface area contributed by atoms with E-state index in [1.165, 1.54) is 6.07 Å². The Morgan fingerprint density at radius 2 is 1.97 bits per heavy atom. The molecule has 6 nitrogen and oxygen atoms in total. The van der Waals surface area contributed by atoms with Gasteiger partial charge in [-0.3, -0.25) is 4.79 Å². The van der Waals surface area contributed by atoms with Crippen LogP contribution in [0.4, 0.5) is 10.1 Å². The molecule has 1 aliphatic rings. The van der Waals surface area contributed by atoms with Gasteiger partial charge in [-0.2, -0.15) is 0 Å². The Kier molecular flexibility index (Phi) is 5.67. The van der Waals surface area contributed by atoms with Gasteiger partial charge in [0, 0.05) is 31.1 Å². The monoisotopic (exact) mass is 393 g/mol. The number of fused-ring (bicyclic) bond motifs is 1. The van der Waals surface area contributed by atoms with Crippen molar-refractivity contribution in [2.24, 2.45) is 5.73 Å². The molecular weight excluding hydrogens is 369 g/mol. The van der Waals surface area contributed by atoms with Crippen LogP contribution in [0, 0.1) is 5.82 Å². The molecule has 1 unspecified atom stereocenters. The van der Waals surface area contributed by atoms with E-state index in [4.69, 9.17) is 5.73 Å². The van der Waals surface area contributed by atoms with Gasteiger partial charge in [0.2, 0.25) is 5.91 Å². The van der Waals surface area contributed by atoms with Crippen molar-refractivity contribution in [1.29, 1.82) is 0 Å². The fourth-order valence-corrected chi connectivity index (χ4v) is 3.69. The van der Waals surface area contributed by atoms with Crippen molar-refractivity contribution in [3.8, 4) is 11.4 Å². The first kappa shape index (κ1) is 19.3. The van der Waals surface area contributed by atoms with Crippen molar-refractivity contribution < 1.29 is 9.18 Å². The van der Waals surface area contributed by atoms with Gasteiger partial charge in [0.1, 0.15) is 11.6 Å². The van der Waals surface area contributed by atoms with Crippen LogP contribution in [-0.2, 0) is 17.8 Å². The SMILES string of the molecule is NC(CC(=O)Nc1ccc(F)c(-c2nnc3n2CCCCC3)c1)c1ccccc1. The van der Waals surface area contributed by atoms with Gasteiger partial charge in [-0.15, -0.1) is 10.2 Å². The number of carbonyl (C=O) groups is 1. The Bertz CT molecular complexity index is 1000. The van der Waals surface area contributed by atoms with E-state index in [-0.39, 0.29) is 18.1 Å². The van der Waals surface area contributed by atoms with Crippen LogP contribution < -0.4 is 11.1 Å². The number of hydrogen-bond acceptors (Lipinski definition) is 4. The molecule has 7 heteroatoms. The number of amides is 1. The maximum atomic E-state index is 14.6. The van der Waals surface area contributed by atoms with Crippen molar-refractivity contribution in [2.75, 3.05) is 5.32 Å². The third-order valence-electron chi connectivity index (χ3n) is 5.23. The van der Waals surface area contributed by atoms with Crippen LogP contribution in [0.15, 0.2) is 48.5 Å². The zero-order valence-corrected chi connectivity index (χ0v) is 16.1. The van der Waals surface area contributed by atoms with Crippen LogP contribution in [0.5, 0.6) is 0 Å². The molecule has 0 saturated carbocycles. The molecule has 1 aromatic heterocycles. The lowest BCUT2D eigenvalue weighted by Gasteiger charge is -2.13. The molecule has 1 atom stereocenters. The summed E-state index contributed by atoms with van der Waals surface area (Å²) in [6, 6.07) is 13.6. The highest BCUT2D eigenvalue weighted by molar-refractivity contribution is 5.91. The third kappa shape index (κ3) is 4.35. The molecule has 0 aliphatic carbocycles. The van der Waals surface area contributed by atoms with Gasteiger partial charge in [-0.25, -0.2) is 4.39 Å². The summed E-state index contributed by atoms with van der Waals surface area (Å²) in [6.45, 7) is 0.777. The van der Waals surface area contributed by atoms with E-state index in [9.17, 15) is 9.18 Å². The first-order valence-corrected chi connectivity index (χ1v) is 9.94. The number of halogens is 1. The average molecular weight is 393 g/mol. The van der Waals surface area contributed by atoms with E-state index in [0.717, 1.165) is 43.6 Å². The van der Waals surface area contributed by atoms with Crippen LogP contribution >= 0.6 is 0 Å². The van der Waals surface area contributed by atoms with Gasteiger partial charge in [-0.05, 0) is 36.6 Å². The fraction of sp³-hybridized carbons (Fsp3) is 0.318. The van der Waals surface area contributed by atoms with E-state index in [1.807, 2.05) is 34.9 Å². The highest BCUT2D eigenvalue weighted by atomic mass is 19.1. The zero-order chi connectivity index (χ0) is 20.2. The molecule has 1 amide bonds. The van der Waals surface area contributed by atoms with Crippen molar-refractivity contribution in [1.82, 2.24) is 14.8 Å². The van der Waals surface area contributed by atoms with Crippen LogP contribution in [-0.4, -0.2) is 20.7 Å². The second kappa shape index (κ2) is 8.53. The fourth-order valence-electron chi connectivity index (χ4n) is 3.69. The molecule has 2 aromatic carbocycles. The summed E-state index contributed by atoms with van der Waals surface area (Å²) in [6.07, 6.45) is 4.20. The van der Waals surface area contributed by atoms with Crippen molar-refractivity contribution in [3.05, 3.63) is 65.7 Å². The van der Waals surface area contributed by atoms with Gasteiger partial charge < -0.3 is 15.6 Å². The van der Waals surface area contributed by atoms with Gasteiger partial charge >= 0.3 is 0 Å². The minimum atomic E-state index is -0.400. The lowest BCUT2D eigenvalue weighted by atomic mass is 10.0. The van der Waals surface area contributed by atoms with Crippen LogP contribution in [0.25, 0.3) is 11.4 Å². The Labute approximate surface area is 169 Å². The van der Waals surface area contributed by atoms with E-state index in [2.05, 4.69) is 15.5 Å². The number of carbonyl (C=O) groups excluding carboxylic acids is 1. The Hall–Kier alpha value is -3.06. The molecule has 0 bridgehead atoms. The smallest absolute Gasteiger partial charge is 0.226 e. The lowest BCUT2D eigenvalue weighted by molar-refractivity contribution is -0.116. The summed E-state index contributed by atoms with van der Waals surface area (Å²) in [5.41, 5.74) is 7.88. The Balaban J connectivity index is 1.52. The summed E-state index contributed by atoms with van der Waals surface area (Å²) in [5.74, 6) is 0.791. The zero-order valence-electron chi connectivity index (χ0n) is 16.1. The number of nitrogens with zero attached hydrogens (tertiary/aromatic N) is 3. The second-order valence-corrected chi connectivity index (χ2v) is 7.37. The van der Waals surface area contributed by atoms with Crippen molar-refractivity contribution >= 4 is 11.6 Å². The van der Waals surface area contributed by atoms with Gasteiger partial charge in [-0.1, -0.05) is 36.8 Å². The number of nitrogens with one attached hydrogen (secondary N) is 1. The predicted octanol–water partition coefficient (Wildman–Crippen LogP) is 3.84. The molecule has 4 rings (SSSR count). The van der Waals surface area contributed by atoms with Crippen LogP contribution in [0.1, 0.15) is 43.1 Å². The molecule has 0 fully saturated rings. The molecule has 0 radical (unpaired) electrons. The molecule has 2 heterocycles. The number of anilines is 1. The maximum Gasteiger partial charge on any atom is 0.226 e. The standard InChI is InChI=1S/C22H24FN5O/c23-18-11-10-16(25-21(29)14-19(24)15-7-3-1-4-8-15)13-17(18)22-27-26-20-9-5-2-6-12-28(20)22/h1,3-4,7-8,10-11,13,19H,2,5-6,9,12,14,24H2,(H,25,29). The number of aromatic nitrogens is 3. The highest BCUT2D eigenvalue weighted by Crippen LogP contribution is 2.27. The van der Waals surface area contributed by atoms with E-state index >= 15 is 0 Å². The van der Waals surface area contributed by atoms with Gasteiger partial charge in [0.25, 0.3) is 0 Å². The normalized spacial score (nSPS) is 14.7.